The average Bonchev–Trinajstić information content (AvgIpc) is 2.18. The van der Waals surface area contributed by atoms with Gasteiger partial charge in [-0.05, 0) is 39.2 Å². The molecule has 0 saturated carbocycles. The van der Waals surface area contributed by atoms with Crippen LogP contribution >= 0.6 is 0 Å². The molecule has 1 unspecified atom stereocenters. The van der Waals surface area contributed by atoms with Crippen LogP contribution in [0.25, 0.3) is 0 Å². The molecule has 0 aliphatic carbocycles. The summed E-state index contributed by atoms with van der Waals surface area (Å²) in [5.74, 6) is -0.737. The molecule has 96 valence electrons. The molecule has 0 aromatic carbocycles. The van der Waals surface area contributed by atoms with Crippen LogP contribution in [0.5, 0.6) is 0 Å². The van der Waals surface area contributed by atoms with E-state index in [4.69, 9.17) is 0 Å². The molecule has 0 spiro atoms. The summed E-state index contributed by atoms with van der Waals surface area (Å²) < 4.78 is 0. The molecule has 2 rings (SSSR count). The Balaban J connectivity index is 2.01. The minimum absolute atomic E-state index is 0.0747. The van der Waals surface area contributed by atoms with Crippen molar-refractivity contribution in [1.82, 2.24) is 9.80 Å². The third kappa shape index (κ3) is 2.29. The SMILES string of the molecule is CC1(C(=O)O)CCCCN1CC(=O)N1CCC1. The van der Waals surface area contributed by atoms with Crippen LogP contribution in [0.4, 0.5) is 0 Å². The molecule has 0 aromatic heterocycles. The lowest BCUT2D eigenvalue weighted by atomic mass is 9.88. The van der Waals surface area contributed by atoms with Crippen molar-refractivity contribution >= 4 is 11.9 Å². The fourth-order valence-corrected chi connectivity index (χ4v) is 2.50. The van der Waals surface area contributed by atoms with Gasteiger partial charge in [-0.1, -0.05) is 0 Å². The number of hydrogen-bond acceptors (Lipinski definition) is 3. The highest BCUT2D eigenvalue weighted by atomic mass is 16.4. The third-order valence-electron chi connectivity index (χ3n) is 4.04. The van der Waals surface area contributed by atoms with Crippen molar-refractivity contribution < 1.29 is 14.7 Å². The van der Waals surface area contributed by atoms with Crippen LogP contribution < -0.4 is 0 Å². The molecule has 5 nitrogen and oxygen atoms in total. The summed E-state index contributed by atoms with van der Waals surface area (Å²) in [7, 11) is 0. The molecular weight excluding hydrogens is 220 g/mol. The molecular formula is C12H20N2O3. The molecule has 2 saturated heterocycles. The van der Waals surface area contributed by atoms with Gasteiger partial charge in [-0.2, -0.15) is 0 Å². The molecule has 17 heavy (non-hydrogen) atoms. The van der Waals surface area contributed by atoms with Crippen LogP contribution in [0.15, 0.2) is 0 Å². The van der Waals surface area contributed by atoms with Crippen LogP contribution in [-0.4, -0.2) is 58.5 Å². The Kier molecular flexibility index (Phi) is 3.38. The van der Waals surface area contributed by atoms with E-state index in [0.29, 0.717) is 13.0 Å². The van der Waals surface area contributed by atoms with Crippen LogP contribution in [-0.2, 0) is 9.59 Å². The van der Waals surface area contributed by atoms with Crippen molar-refractivity contribution in [3.8, 4) is 0 Å². The Morgan fingerprint density at radius 2 is 1.88 bits per heavy atom. The summed E-state index contributed by atoms with van der Waals surface area (Å²) in [5.41, 5.74) is -0.862. The summed E-state index contributed by atoms with van der Waals surface area (Å²) in [6, 6.07) is 0. The van der Waals surface area contributed by atoms with Crippen LogP contribution in [0.3, 0.4) is 0 Å². The molecule has 2 heterocycles. The number of aliphatic carboxylic acids is 1. The predicted octanol–water partition coefficient (Wildman–Crippen LogP) is 0.548. The Labute approximate surface area is 101 Å². The zero-order valence-electron chi connectivity index (χ0n) is 10.3. The standard InChI is InChI=1S/C12H20N2O3/c1-12(11(16)17)5-2-3-8-14(12)9-10(15)13-6-4-7-13/h2-9H2,1H3,(H,16,17). The molecule has 1 amide bonds. The second-order valence-corrected chi connectivity index (χ2v) is 5.19. The normalized spacial score (nSPS) is 29.8. The smallest absolute Gasteiger partial charge is 0.323 e. The summed E-state index contributed by atoms with van der Waals surface area (Å²) in [6.45, 7) is 4.36. The maximum Gasteiger partial charge on any atom is 0.323 e. The first-order valence-electron chi connectivity index (χ1n) is 6.30. The quantitative estimate of drug-likeness (QED) is 0.782. The predicted molar refractivity (Wildman–Crippen MR) is 62.7 cm³/mol. The van der Waals surface area contributed by atoms with Gasteiger partial charge >= 0.3 is 5.97 Å². The molecule has 2 aliphatic heterocycles. The van der Waals surface area contributed by atoms with Gasteiger partial charge in [0, 0.05) is 13.1 Å². The summed E-state index contributed by atoms with van der Waals surface area (Å²) in [4.78, 5) is 26.9. The lowest BCUT2D eigenvalue weighted by Crippen LogP contribution is -2.58. The van der Waals surface area contributed by atoms with Crippen molar-refractivity contribution in [2.24, 2.45) is 0 Å². The highest BCUT2D eigenvalue weighted by Crippen LogP contribution is 2.28. The van der Waals surface area contributed by atoms with Crippen LogP contribution in [0, 0.1) is 0 Å². The number of carboxylic acid groups (broad SMARTS) is 1. The number of piperidine rings is 1. The van der Waals surface area contributed by atoms with E-state index in [0.717, 1.165) is 32.4 Å². The molecule has 0 radical (unpaired) electrons. The Hall–Kier alpha value is -1.10. The monoisotopic (exact) mass is 240 g/mol. The molecule has 1 atom stereocenters. The number of nitrogens with zero attached hydrogens (tertiary/aromatic N) is 2. The van der Waals surface area contributed by atoms with E-state index in [-0.39, 0.29) is 12.5 Å². The highest BCUT2D eigenvalue weighted by molar-refractivity contribution is 5.82. The number of carboxylic acids is 1. The number of carbonyl (C=O) groups excluding carboxylic acids is 1. The van der Waals surface area contributed by atoms with Crippen LogP contribution in [0.2, 0.25) is 0 Å². The van der Waals surface area contributed by atoms with Gasteiger partial charge in [0.2, 0.25) is 5.91 Å². The maximum atomic E-state index is 11.9. The van der Waals surface area contributed by atoms with Crippen molar-refractivity contribution in [2.45, 2.75) is 38.1 Å². The summed E-state index contributed by atoms with van der Waals surface area (Å²) in [5, 5.41) is 9.32. The van der Waals surface area contributed by atoms with Gasteiger partial charge in [-0.25, -0.2) is 0 Å². The largest absolute Gasteiger partial charge is 0.480 e. The second-order valence-electron chi connectivity index (χ2n) is 5.19. The van der Waals surface area contributed by atoms with E-state index in [2.05, 4.69) is 0 Å². The zero-order valence-corrected chi connectivity index (χ0v) is 10.3. The average molecular weight is 240 g/mol. The first-order chi connectivity index (χ1) is 8.04. The van der Waals surface area contributed by atoms with Crippen molar-refractivity contribution in [3.63, 3.8) is 0 Å². The van der Waals surface area contributed by atoms with Crippen molar-refractivity contribution in [1.29, 1.82) is 0 Å². The Morgan fingerprint density at radius 3 is 2.41 bits per heavy atom. The maximum absolute atomic E-state index is 11.9. The molecule has 2 fully saturated rings. The minimum atomic E-state index is -0.862. The number of likely N-dealkylation sites (tertiary alicyclic amines) is 2. The van der Waals surface area contributed by atoms with Crippen LogP contribution in [0.1, 0.15) is 32.6 Å². The van der Waals surface area contributed by atoms with Gasteiger partial charge in [-0.3, -0.25) is 14.5 Å². The zero-order chi connectivity index (χ0) is 12.5. The van der Waals surface area contributed by atoms with E-state index in [1.807, 2.05) is 4.90 Å². The number of carbonyl (C=O) groups is 2. The molecule has 1 N–H and O–H groups in total. The minimum Gasteiger partial charge on any atom is -0.480 e. The molecule has 5 heteroatoms. The topological polar surface area (TPSA) is 60.9 Å². The first kappa shape index (κ1) is 12.4. The molecule has 0 bridgehead atoms. The fourth-order valence-electron chi connectivity index (χ4n) is 2.50. The Morgan fingerprint density at radius 1 is 1.18 bits per heavy atom. The molecule has 0 aromatic rings. The fraction of sp³-hybridized carbons (Fsp3) is 0.833. The van der Waals surface area contributed by atoms with Crippen molar-refractivity contribution in [3.05, 3.63) is 0 Å². The Bertz CT molecular complexity index is 328. The summed E-state index contributed by atoms with van der Waals surface area (Å²) >= 11 is 0. The lowest BCUT2D eigenvalue weighted by Gasteiger charge is -2.42. The van der Waals surface area contributed by atoms with E-state index >= 15 is 0 Å². The third-order valence-corrected chi connectivity index (χ3v) is 4.04. The van der Waals surface area contributed by atoms with Gasteiger partial charge in [0.05, 0.1) is 6.54 Å². The van der Waals surface area contributed by atoms with E-state index in [1.165, 1.54) is 0 Å². The number of amides is 1. The number of rotatable bonds is 3. The van der Waals surface area contributed by atoms with Gasteiger partial charge in [-0.15, -0.1) is 0 Å². The first-order valence-corrected chi connectivity index (χ1v) is 6.30. The van der Waals surface area contributed by atoms with Gasteiger partial charge < -0.3 is 10.0 Å². The van der Waals surface area contributed by atoms with E-state index < -0.39 is 11.5 Å². The van der Waals surface area contributed by atoms with E-state index in [9.17, 15) is 14.7 Å². The highest BCUT2D eigenvalue weighted by Gasteiger charge is 2.42. The van der Waals surface area contributed by atoms with Gasteiger partial charge in [0.1, 0.15) is 5.54 Å². The molecule has 2 aliphatic rings. The summed E-state index contributed by atoms with van der Waals surface area (Å²) in [6.07, 6.45) is 3.62. The van der Waals surface area contributed by atoms with Gasteiger partial charge in [0.15, 0.2) is 0 Å². The number of hydrogen-bond donors (Lipinski definition) is 1. The van der Waals surface area contributed by atoms with E-state index in [1.54, 1.807) is 11.8 Å². The second kappa shape index (κ2) is 4.64. The van der Waals surface area contributed by atoms with Gasteiger partial charge in [0.25, 0.3) is 0 Å². The van der Waals surface area contributed by atoms with Crippen molar-refractivity contribution in [2.75, 3.05) is 26.2 Å². The lowest BCUT2D eigenvalue weighted by molar-refractivity contribution is -0.155.